The van der Waals surface area contributed by atoms with E-state index in [1.54, 1.807) is 24.3 Å². The van der Waals surface area contributed by atoms with Crippen LogP contribution in [0.25, 0.3) is 0 Å². The Bertz CT molecular complexity index is 650. The number of amides is 3. The quantitative estimate of drug-likeness (QED) is 0.668. The summed E-state index contributed by atoms with van der Waals surface area (Å²) < 4.78 is 0. The first-order valence-electron chi connectivity index (χ1n) is 6.88. The molecular weight excluding hydrogens is 284 g/mol. The third-order valence-corrected chi connectivity index (χ3v) is 3.53. The van der Waals surface area contributed by atoms with E-state index in [0.717, 1.165) is 0 Å². The molecule has 4 N–H and O–H groups in total. The Labute approximate surface area is 127 Å². The van der Waals surface area contributed by atoms with Gasteiger partial charge in [-0.15, -0.1) is 0 Å². The summed E-state index contributed by atoms with van der Waals surface area (Å²) in [6.07, 6.45) is 0.812. The smallest absolute Gasteiger partial charge is 0.243 e. The highest BCUT2D eigenvalue weighted by Gasteiger charge is 2.30. The van der Waals surface area contributed by atoms with Crippen LogP contribution in [0.4, 0.5) is 0 Å². The van der Waals surface area contributed by atoms with Gasteiger partial charge in [-0.1, -0.05) is 18.2 Å². The molecule has 1 saturated heterocycles. The highest BCUT2D eigenvalue weighted by Crippen LogP contribution is 2.11. The van der Waals surface area contributed by atoms with Crippen molar-refractivity contribution in [3.63, 3.8) is 0 Å². The lowest BCUT2D eigenvalue weighted by molar-refractivity contribution is -0.129. The Balaban J connectivity index is 2.07. The van der Waals surface area contributed by atoms with Crippen LogP contribution in [0.1, 0.15) is 24.0 Å². The van der Waals surface area contributed by atoms with Gasteiger partial charge in [0.2, 0.25) is 17.7 Å². The molecule has 2 atom stereocenters. The summed E-state index contributed by atoms with van der Waals surface area (Å²) in [6, 6.07) is 7.26. The number of hydrogen-bond donors (Lipinski definition) is 3. The minimum Gasteiger partial charge on any atom is -0.368 e. The molecule has 1 heterocycles. The number of rotatable bonds is 5. The maximum absolute atomic E-state index is 12.1. The highest BCUT2D eigenvalue weighted by atomic mass is 16.2. The van der Waals surface area contributed by atoms with Gasteiger partial charge in [0, 0.05) is 12.8 Å². The Kier molecular flexibility index (Phi) is 4.73. The van der Waals surface area contributed by atoms with Crippen molar-refractivity contribution in [1.82, 2.24) is 10.6 Å². The number of hydrogen-bond acceptors (Lipinski definition) is 4. The number of primary amides is 1. The van der Waals surface area contributed by atoms with Gasteiger partial charge in [-0.05, 0) is 18.1 Å². The van der Waals surface area contributed by atoms with Gasteiger partial charge < -0.3 is 16.4 Å². The predicted molar refractivity (Wildman–Crippen MR) is 77.2 cm³/mol. The van der Waals surface area contributed by atoms with Crippen LogP contribution in [0.5, 0.6) is 0 Å². The number of nitrogens with one attached hydrogen (secondary N) is 2. The van der Waals surface area contributed by atoms with Crippen LogP contribution in [0.3, 0.4) is 0 Å². The molecule has 22 heavy (non-hydrogen) atoms. The van der Waals surface area contributed by atoms with Gasteiger partial charge >= 0.3 is 0 Å². The van der Waals surface area contributed by atoms with Gasteiger partial charge in [0.15, 0.2) is 0 Å². The van der Waals surface area contributed by atoms with E-state index >= 15 is 0 Å². The van der Waals surface area contributed by atoms with E-state index in [4.69, 9.17) is 11.0 Å². The molecule has 1 aliphatic heterocycles. The van der Waals surface area contributed by atoms with Crippen molar-refractivity contribution in [3.8, 4) is 6.07 Å². The van der Waals surface area contributed by atoms with Crippen molar-refractivity contribution in [1.29, 1.82) is 5.26 Å². The molecule has 0 bridgehead atoms. The maximum atomic E-state index is 12.1. The molecule has 1 fully saturated rings. The molecule has 0 unspecified atom stereocenters. The third-order valence-electron chi connectivity index (χ3n) is 3.53. The van der Waals surface area contributed by atoms with Gasteiger partial charge in [0.25, 0.3) is 0 Å². The van der Waals surface area contributed by atoms with Crippen molar-refractivity contribution in [3.05, 3.63) is 35.4 Å². The molecule has 0 saturated carbocycles. The maximum Gasteiger partial charge on any atom is 0.243 e. The van der Waals surface area contributed by atoms with E-state index in [9.17, 15) is 14.4 Å². The number of carbonyl (C=O) groups is 3. The first-order chi connectivity index (χ1) is 10.5. The summed E-state index contributed by atoms with van der Waals surface area (Å²) in [6.45, 7) is 0. The van der Waals surface area contributed by atoms with E-state index in [-0.39, 0.29) is 18.7 Å². The predicted octanol–water partition coefficient (Wildman–Crippen LogP) is -0.651. The zero-order valence-corrected chi connectivity index (χ0v) is 11.8. The topological polar surface area (TPSA) is 125 Å². The highest BCUT2D eigenvalue weighted by molar-refractivity contribution is 5.93. The lowest BCUT2D eigenvalue weighted by Gasteiger charge is -2.18. The van der Waals surface area contributed by atoms with E-state index < -0.39 is 23.9 Å². The monoisotopic (exact) mass is 300 g/mol. The Morgan fingerprint density at radius 1 is 1.45 bits per heavy atom. The zero-order valence-electron chi connectivity index (χ0n) is 11.8. The van der Waals surface area contributed by atoms with Crippen LogP contribution in [0.2, 0.25) is 0 Å². The third kappa shape index (κ3) is 3.61. The molecular formula is C15H16N4O3. The molecule has 2 rings (SSSR count). The number of carbonyl (C=O) groups excluding carboxylic acids is 3. The molecule has 1 aromatic rings. The van der Waals surface area contributed by atoms with E-state index in [1.807, 2.05) is 6.07 Å². The first kappa shape index (κ1) is 15.5. The molecule has 114 valence electrons. The lowest BCUT2D eigenvalue weighted by atomic mass is 10.00. The number of nitriles is 1. The molecule has 0 radical (unpaired) electrons. The van der Waals surface area contributed by atoms with E-state index in [1.165, 1.54) is 0 Å². The fraction of sp³-hybridized carbons (Fsp3) is 0.333. The minimum atomic E-state index is -0.931. The molecule has 3 amide bonds. The number of benzene rings is 1. The van der Waals surface area contributed by atoms with Crippen molar-refractivity contribution < 1.29 is 14.4 Å². The largest absolute Gasteiger partial charge is 0.368 e. The summed E-state index contributed by atoms with van der Waals surface area (Å²) in [5.74, 6) is -1.32. The molecule has 7 nitrogen and oxygen atoms in total. The first-order valence-corrected chi connectivity index (χ1v) is 6.88. The van der Waals surface area contributed by atoms with E-state index in [0.29, 0.717) is 17.5 Å². The van der Waals surface area contributed by atoms with Crippen molar-refractivity contribution in [2.45, 2.75) is 31.3 Å². The van der Waals surface area contributed by atoms with Crippen LogP contribution in [0.15, 0.2) is 24.3 Å². The SMILES string of the molecule is N#Cc1ccccc1C[C@H](NC(=O)[C@H]1CCC(=O)N1)C(N)=O. The Morgan fingerprint density at radius 2 is 2.18 bits per heavy atom. The Hall–Kier alpha value is -2.88. The van der Waals surface area contributed by atoms with Gasteiger partial charge in [-0.3, -0.25) is 14.4 Å². The Morgan fingerprint density at radius 3 is 2.77 bits per heavy atom. The van der Waals surface area contributed by atoms with Crippen LogP contribution >= 0.6 is 0 Å². The fourth-order valence-corrected chi connectivity index (χ4v) is 2.33. The summed E-state index contributed by atoms with van der Waals surface area (Å²) in [5.41, 5.74) is 6.38. The summed E-state index contributed by atoms with van der Waals surface area (Å²) in [4.78, 5) is 34.7. The molecule has 1 aromatic carbocycles. The average molecular weight is 300 g/mol. The molecule has 0 spiro atoms. The lowest BCUT2D eigenvalue weighted by Crippen LogP contribution is -2.51. The summed E-state index contributed by atoms with van der Waals surface area (Å²) in [7, 11) is 0. The molecule has 0 aromatic heterocycles. The van der Waals surface area contributed by atoms with E-state index in [2.05, 4.69) is 10.6 Å². The second kappa shape index (κ2) is 6.72. The van der Waals surface area contributed by atoms with Crippen LogP contribution in [-0.2, 0) is 20.8 Å². The van der Waals surface area contributed by atoms with Crippen molar-refractivity contribution in [2.75, 3.05) is 0 Å². The van der Waals surface area contributed by atoms with Crippen molar-refractivity contribution >= 4 is 17.7 Å². The normalized spacial score (nSPS) is 18.1. The van der Waals surface area contributed by atoms with Crippen LogP contribution in [0, 0.1) is 11.3 Å². The standard InChI is InChI=1S/C15H16N4O3/c16-8-10-4-2-1-3-9(10)7-12(14(17)21)19-15(22)11-5-6-13(20)18-11/h1-4,11-12H,5-7H2,(H2,17,21)(H,18,20)(H,19,22)/t11-,12+/m1/s1. The second-order valence-electron chi connectivity index (χ2n) is 5.10. The average Bonchev–Trinajstić information content (AvgIpc) is 2.93. The second-order valence-corrected chi connectivity index (χ2v) is 5.10. The van der Waals surface area contributed by atoms with Crippen molar-refractivity contribution in [2.24, 2.45) is 5.73 Å². The fourth-order valence-electron chi connectivity index (χ4n) is 2.33. The summed E-state index contributed by atoms with van der Waals surface area (Å²) >= 11 is 0. The molecule has 0 aliphatic carbocycles. The van der Waals surface area contributed by atoms with Crippen LogP contribution < -0.4 is 16.4 Å². The zero-order chi connectivity index (χ0) is 16.1. The number of nitrogens with zero attached hydrogens (tertiary/aromatic N) is 1. The number of nitrogens with two attached hydrogens (primary N) is 1. The van der Waals surface area contributed by atoms with Gasteiger partial charge in [0.1, 0.15) is 12.1 Å². The van der Waals surface area contributed by atoms with Gasteiger partial charge in [-0.2, -0.15) is 5.26 Å². The summed E-state index contributed by atoms with van der Waals surface area (Å²) in [5, 5.41) is 14.1. The van der Waals surface area contributed by atoms with Gasteiger partial charge in [-0.25, -0.2) is 0 Å². The molecule has 1 aliphatic rings. The van der Waals surface area contributed by atoms with Crippen LogP contribution in [-0.4, -0.2) is 29.8 Å². The van der Waals surface area contributed by atoms with Gasteiger partial charge in [0.05, 0.1) is 11.6 Å². The minimum absolute atomic E-state index is 0.130. The molecule has 7 heteroatoms.